The van der Waals surface area contributed by atoms with E-state index in [4.69, 9.17) is 0 Å². The van der Waals surface area contributed by atoms with E-state index in [1.165, 1.54) is 48.5 Å². The van der Waals surface area contributed by atoms with Gasteiger partial charge in [0.1, 0.15) is 11.6 Å². The van der Waals surface area contributed by atoms with Crippen LogP contribution in [0.15, 0.2) is 48.5 Å². The number of hydrogen-bond donors (Lipinski definition) is 2. The summed E-state index contributed by atoms with van der Waals surface area (Å²) in [4.78, 5) is 25.9. The third kappa shape index (κ3) is 4.32. The number of benzene rings is 2. The molecular formula is C18H17F2N3O2. The van der Waals surface area contributed by atoms with Crippen molar-refractivity contribution in [2.45, 2.75) is 12.5 Å². The molecule has 2 aromatic rings. The average Bonchev–Trinajstić information content (AvgIpc) is 3.05. The van der Waals surface area contributed by atoms with Crippen molar-refractivity contribution in [1.82, 2.24) is 10.2 Å². The molecule has 3 rings (SSSR count). The van der Waals surface area contributed by atoms with Crippen molar-refractivity contribution < 1.29 is 18.4 Å². The van der Waals surface area contributed by atoms with Gasteiger partial charge in [-0.05, 0) is 55.0 Å². The average molecular weight is 345 g/mol. The molecule has 7 heteroatoms. The summed E-state index contributed by atoms with van der Waals surface area (Å²) in [6, 6.07) is 10.2. The van der Waals surface area contributed by atoms with Crippen LogP contribution in [-0.4, -0.2) is 36.0 Å². The van der Waals surface area contributed by atoms with Crippen LogP contribution in [0.1, 0.15) is 16.8 Å². The topological polar surface area (TPSA) is 61.4 Å². The number of likely N-dealkylation sites (tertiary alicyclic amines) is 1. The van der Waals surface area contributed by atoms with Gasteiger partial charge in [-0.1, -0.05) is 0 Å². The summed E-state index contributed by atoms with van der Waals surface area (Å²) in [5.74, 6) is -0.963. The van der Waals surface area contributed by atoms with Crippen molar-refractivity contribution in [1.29, 1.82) is 0 Å². The fraction of sp³-hybridized carbons (Fsp3) is 0.222. The molecule has 2 N–H and O–H groups in total. The summed E-state index contributed by atoms with van der Waals surface area (Å²) in [5, 5.41) is 5.41. The summed E-state index contributed by atoms with van der Waals surface area (Å²) in [5.41, 5.74) is 0.897. The second kappa shape index (κ2) is 7.29. The van der Waals surface area contributed by atoms with Gasteiger partial charge in [-0.3, -0.25) is 4.79 Å². The predicted octanol–water partition coefficient (Wildman–Crippen LogP) is 3.00. The predicted molar refractivity (Wildman–Crippen MR) is 89.3 cm³/mol. The summed E-state index contributed by atoms with van der Waals surface area (Å²) < 4.78 is 25.8. The Morgan fingerprint density at radius 2 is 1.56 bits per heavy atom. The van der Waals surface area contributed by atoms with E-state index in [1.54, 1.807) is 4.90 Å². The van der Waals surface area contributed by atoms with E-state index in [0.717, 1.165) is 0 Å². The number of anilines is 1. The fourth-order valence-corrected chi connectivity index (χ4v) is 2.72. The lowest BCUT2D eigenvalue weighted by atomic mass is 10.2. The van der Waals surface area contributed by atoms with E-state index in [0.29, 0.717) is 30.8 Å². The summed E-state index contributed by atoms with van der Waals surface area (Å²) in [6.45, 7) is 0.894. The first-order chi connectivity index (χ1) is 12.0. The number of rotatable bonds is 3. The molecule has 3 amide bonds. The zero-order valence-electron chi connectivity index (χ0n) is 13.3. The van der Waals surface area contributed by atoms with Crippen LogP contribution in [0, 0.1) is 11.6 Å². The van der Waals surface area contributed by atoms with Gasteiger partial charge in [-0.15, -0.1) is 0 Å². The normalized spacial score (nSPS) is 16.6. The Morgan fingerprint density at radius 3 is 2.20 bits per heavy atom. The third-order valence-corrected chi connectivity index (χ3v) is 4.00. The first-order valence-electron chi connectivity index (χ1n) is 7.89. The van der Waals surface area contributed by atoms with Crippen molar-refractivity contribution in [3.63, 3.8) is 0 Å². The van der Waals surface area contributed by atoms with E-state index in [9.17, 15) is 18.4 Å². The minimum Gasteiger partial charge on any atom is -0.337 e. The second-order valence-corrected chi connectivity index (χ2v) is 5.85. The highest BCUT2D eigenvalue weighted by Crippen LogP contribution is 2.15. The number of nitrogens with one attached hydrogen (secondary N) is 2. The van der Waals surface area contributed by atoms with Crippen LogP contribution in [0.3, 0.4) is 0 Å². The summed E-state index contributed by atoms with van der Waals surface area (Å²) in [7, 11) is 0. The molecule has 0 bridgehead atoms. The van der Waals surface area contributed by atoms with Crippen molar-refractivity contribution in [2.24, 2.45) is 0 Å². The Morgan fingerprint density at radius 1 is 0.960 bits per heavy atom. The van der Waals surface area contributed by atoms with E-state index in [2.05, 4.69) is 10.6 Å². The number of carbonyl (C=O) groups is 2. The maximum atomic E-state index is 12.9. The monoisotopic (exact) mass is 345 g/mol. The molecule has 130 valence electrons. The Hall–Kier alpha value is -2.96. The zero-order chi connectivity index (χ0) is 17.8. The maximum absolute atomic E-state index is 12.9. The van der Waals surface area contributed by atoms with Crippen LogP contribution in [0.2, 0.25) is 0 Å². The first kappa shape index (κ1) is 16.9. The molecule has 1 saturated heterocycles. The van der Waals surface area contributed by atoms with E-state index in [1.807, 2.05) is 0 Å². The van der Waals surface area contributed by atoms with Gasteiger partial charge in [0.2, 0.25) is 0 Å². The molecule has 0 spiro atoms. The van der Waals surface area contributed by atoms with Gasteiger partial charge in [0.15, 0.2) is 0 Å². The highest BCUT2D eigenvalue weighted by Gasteiger charge is 2.28. The number of urea groups is 1. The number of carbonyl (C=O) groups excluding carboxylic acids is 2. The van der Waals surface area contributed by atoms with E-state index < -0.39 is 11.8 Å². The van der Waals surface area contributed by atoms with Crippen LogP contribution < -0.4 is 10.6 Å². The molecule has 1 heterocycles. The van der Waals surface area contributed by atoms with Crippen molar-refractivity contribution in [2.75, 3.05) is 18.4 Å². The molecular weight excluding hydrogens is 328 g/mol. The van der Waals surface area contributed by atoms with Crippen molar-refractivity contribution in [3.8, 4) is 0 Å². The van der Waals surface area contributed by atoms with E-state index in [-0.39, 0.29) is 17.8 Å². The van der Waals surface area contributed by atoms with Gasteiger partial charge in [0.05, 0.1) is 0 Å². The molecule has 0 saturated carbocycles. The Labute approximate surface area is 143 Å². The van der Waals surface area contributed by atoms with Crippen LogP contribution in [0.5, 0.6) is 0 Å². The number of amides is 3. The van der Waals surface area contributed by atoms with Crippen LogP contribution in [0.25, 0.3) is 0 Å². The molecule has 25 heavy (non-hydrogen) atoms. The standard InChI is InChI=1S/C18H17F2N3O2/c19-13-3-1-12(2-4-13)17(24)23-10-9-16(11-23)22-18(25)21-15-7-5-14(20)6-8-15/h1-8,16H,9-11H2,(H2,21,22,25). The third-order valence-electron chi connectivity index (χ3n) is 4.00. The minimum atomic E-state index is -0.410. The lowest BCUT2D eigenvalue weighted by Crippen LogP contribution is -2.40. The summed E-state index contributed by atoms with van der Waals surface area (Å²) >= 11 is 0. The van der Waals surface area contributed by atoms with Gasteiger partial charge in [0.25, 0.3) is 5.91 Å². The van der Waals surface area contributed by atoms with Crippen LogP contribution in [-0.2, 0) is 0 Å². The number of nitrogens with zero attached hydrogens (tertiary/aromatic N) is 1. The molecule has 1 atom stereocenters. The summed E-state index contributed by atoms with van der Waals surface area (Å²) in [6.07, 6.45) is 0.629. The van der Waals surface area contributed by atoms with Gasteiger partial charge < -0.3 is 15.5 Å². The molecule has 1 aliphatic rings. The van der Waals surface area contributed by atoms with Crippen LogP contribution >= 0.6 is 0 Å². The van der Waals surface area contributed by atoms with Crippen molar-refractivity contribution >= 4 is 17.6 Å². The van der Waals surface area contributed by atoms with Gasteiger partial charge in [0, 0.05) is 30.4 Å². The Kier molecular flexibility index (Phi) is 4.92. The lowest BCUT2D eigenvalue weighted by molar-refractivity contribution is 0.0789. The Bertz CT molecular complexity index is 763. The van der Waals surface area contributed by atoms with Gasteiger partial charge in [-0.25, -0.2) is 13.6 Å². The molecule has 0 aromatic heterocycles. The van der Waals surface area contributed by atoms with E-state index >= 15 is 0 Å². The highest BCUT2D eigenvalue weighted by atomic mass is 19.1. The number of hydrogen-bond acceptors (Lipinski definition) is 2. The van der Waals surface area contributed by atoms with Gasteiger partial charge >= 0.3 is 6.03 Å². The molecule has 0 aliphatic carbocycles. The zero-order valence-corrected chi connectivity index (χ0v) is 13.3. The smallest absolute Gasteiger partial charge is 0.319 e. The molecule has 1 fully saturated rings. The minimum absolute atomic E-state index is 0.176. The second-order valence-electron chi connectivity index (χ2n) is 5.85. The molecule has 1 unspecified atom stereocenters. The lowest BCUT2D eigenvalue weighted by Gasteiger charge is -2.17. The first-order valence-corrected chi connectivity index (χ1v) is 7.89. The fourth-order valence-electron chi connectivity index (χ4n) is 2.72. The molecule has 1 aliphatic heterocycles. The van der Waals surface area contributed by atoms with Crippen LogP contribution in [0.4, 0.5) is 19.3 Å². The number of halogens is 2. The van der Waals surface area contributed by atoms with Crippen molar-refractivity contribution in [3.05, 3.63) is 65.7 Å². The maximum Gasteiger partial charge on any atom is 0.319 e. The largest absolute Gasteiger partial charge is 0.337 e. The molecule has 5 nitrogen and oxygen atoms in total. The SMILES string of the molecule is O=C(Nc1ccc(F)cc1)NC1CCN(C(=O)c2ccc(F)cc2)C1. The quantitative estimate of drug-likeness (QED) is 0.898. The Balaban J connectivity index is 1.52. The molecule has 2 aromatic carbocycles. The van der Waals surface area contributed by atoms with Gasteiger partial charge in [-0.2, -0.15) is 0 Å². The highest BCUT2D eigenvalue weighted by molar-refractivity contribution is 5.94. The molecule has 0 radical (unpaired) electrons.